The molecule has 0 aliphatic heterocycles. The topological polar surface area (TPSA) is 71.3 Å². The number of aryl methyl sites for hydroxylation is 1. The molecule has 0 aliphatic carbocycles. The molecular formula is C21H16BrClN2O3. The highest BCUT2D eigenvalue weighted by atomic mass is 79.9. The number of hydrogen-bond donors (Lipinski definition) is 1. The van der Waals surface area contributed by atoms with Crippen molar-refractivity contribution in [2.45, 2.75) is 6.92 Å². The van der Waals surface area contributed by atoms with Gasteiger partial charge < -0.3 is 14.8 Å². The number of carbonyl (C=O) groups excluding carboxylic acids is 1. The maximum atomic E-state index is 12.5. The summed E-state index contributed by atoms with van der Waals surface area (Å²) in [5.41, 5.74) is 1.87. The number of terminal acetylenes is 1. The number of nitrogens with one attached hydrogen (secondary N) is 1. The first-order valence-electron chi connectivity index (χ1n) is 8.02. The molecule has 0 heterocycles. The number of nitrogens with zero attached hydrogens (tertiary/aromatic N) is 1. The van der Waals surface area contributed by atoms with E-state index in [1.165, 1.54) is 13.2 Å². The van der Waals surface area contributed by atoms with E-state index in [0.717, 1.165) is 5.56 Å². The summed E-state index contributed by atoms with van der Waals surface area (Å²) in [6, 6.07) is 10.3. The van der Waals surface area contributed by atoms with Crippen molar-refractivity contribution >= 4 is 45.2 Å². The van der Waals surface area contributed by atoms with Gasteiger partial charge in [0.2, 0.25) is 0 Å². The quantitative estimate of drug-likeness (QED) is 0.376. The Bertz CT molecular complexity index is 1020. The van der Waals surface area contributed by atoms with Gasteiger partial charge in [-0.1, -0.05) is 39.5 Å². The third kappa shape index (κ3) is 5.29. The van der Waals surface area contributed by atoms with Gasteiger partial charge in [-0.05, 0) is 48.4 Å². The highest BCUT2D eigenvalue weighted by Crippen LogP contribution is 2.34. The van der Waals surface area contributed by atoms with Gasteiger partial charge >= 0.3 is 0 Å². The first kappa shape index (κ1) is 21.4. The first-order valence-corrected chi connectivity index (χ1v) is 9.19. The fourth-order valence-corrected chi connectivity index (χ4v) is 2.84. The summed E-state index contributed by atoms with van der Waals surface area (Å²) in [5.74, 6) is 2.69. The molecule has 0 bridgehead atoms. The van der Waals surface area contributed by atoms with Crippen molar-refractivity contribution in [1.82, 2.24) is 0 Å². The molecule has 0 saturated carbocycles. The normalized spacial score (nSPS) is 10.6. The summed E-state index contributed by atoms with van der Waals surface area (Å²) < 4.78 is 11.3. The van der Waals surface area contributed by atoms with Crippen LogP contribution in [0.15, 0.2) is 40.4 Å². The van der Waals surface area contributed by atoms with Crippen molar-refractivity contribution in [1.29, 1.82) is 5.26 Å². The van der Waals surface area contributed by atoms with Crippen LogP contribution < -0.4 is 14.8 Å². The van der Waals surface area contributed by atoms with Crippen LogP contribution >= 0.6 is 27.5 Å². The number of ether oxygens (including phenoxy) is 2. The Hall–Kier alpha value is -2.93. The fourth-order valence-electron chi connectivity index (χ4n) is 2.23. The minimum Gasteiger partial charge on any atom is -0.493 e. The molecular weight excluding hydrogens is 444 g/mol. The van der Waals surface area contributed by atoms with E-state index in [1.807, 2.05) is 13.0 Å². The Labute approximate surface area is 177 Å². The maximum Gasteiger partial charge on any atom is 0.266 e. The third-order valence-corrected chi connectivity index (χ3v) is 4.78. The highest BCUT2D eigenvalue weighted by Gasteiger charge is 2.14. The van der Waals surface area contributed by atoms with Gasteiger partial charge in [0.15, 0.2) is 11.5 Å². The van der Waals surface area contributed by atoms with E-state index in [1.54, 1.807) is 30.3 Å². The Morgan fingerprint density at radius 1 is 1.36 bits per heavy atom. The Kier molecular flexibility index (Phi) is 7.52. The molecule has 0 aliphatic rings. The lowest BCUT2D eigenvalue weighted by Crippen LogP contribution is -2.13. The molecule has 1 amide bonds. The number of methoxy groups -OCH3 is 1. The smallest absolute Gasteiger partial charge is 0.266 e. The summed E-state index contributed by atoms with van der Waals surface area (Å²) in [5, 5.41) is 12.6. The first-order chi connectivity index (χ1) is 13.4. The summed E-state index contributed by atoms with van der Waals surface area (Å²) in [6.45, 7) is 1.94. The monoisotopic (exact) mass is 458 g/mol. The molecule has 2 rings (SSSR count). The van der Waals surface area contributed by atoms with Gasteiger partial charge in [-0.15, -0.1) is 6.42 Å². The zero-order valence-electron chi connectivity index (χ0n) is 15.2. The Morgan fingerprint density at radius 3 is 2.71 bits per heavy atom. The van der Waals surface area contributed by atoms with Crippen LogP contribution in [0.3, 0.4) is 0 Å². The Balaban J connectivity index is 2.32. The maximum absolute atomic E-state index is 12.5. The highest BCUT2D eigenvalue weighted by molar-refractivity contribution is 9.10. The lowest BCUT2D eigenvalue weighted by molar-refractivity contribution is -0.112. The molecule has 28 heavy (non-hydrogen) atoms. The second-order valence-corrected chi connectivity index (χ2v) is 6.87. The van der Waals surface area contributed by atoms with Gasteiger partial charge in [-0.25, -0.2) is 0 Å². The number of hydrogen-bond acceptors (Lipinski definition) is 4. The average Bonchev–Trinajstić information content (AvgIpc) is 2.68. The molecule has 2 aromatic carbocycles. The molecule has 0 atom stereocenters. The number of amides is 1. The van der Waals surface area contributed by atoms with Crippen molar-refractivity contribution in [3.05, 3.63) is 56.5 Å². The molecule has 0 aromatic heterocycles. The lowest BCUT2D eigenvalue weighted by Gasteiger charge is -2.11. The van der Waals surface area contributed by atoms with Crippen LogP contribution in [-0.2, 0) is 4.79 Å². The second kappa shape index (κ2) is 9.85. The molecule has 5 nitrogen and oxygen atoms in total. The molecule has 0 radical (unpaired) electrons. The Morgan fingerprint density at radius 2 is 2.11 bits per heavy atom. The summed E-state index contributed by atoms with van der Waals surface area (Å²) in [7, 11) is 1.48. The van der Waals surface area contributed by atoms with Crippen LogP contribution in [0.1, 0.15) is 11.1 Å². The number of nitriles is 1. The zero-order chi connectivity index (χ0) is 20.7. The van der Waals surface area contributed by atoms with Gasteiger partial charge in [0, 0.05) is 15.2 Å². The predicted octanol–water partition coefficient (Wildman–Crippen LogP) is 4.98. The predicted molar refractivity (Wildman–Crippen MR) is 113 cm³/mol. The van der Waals surface area contributed by atoms with E-state index in [4.69, 9.17) is 27.5 Å². The number of benzene rings is 2. The van der Waals surface area contributed by atoms with Crippen molar-refractivity contribution in [3.8, 4) is 29.9 Å². The standard InChI is InChI=1S/C21H16BrClN2O3/c1-4-7-28-20-11-17(22)14(9-19(20)27-3)8-15(12-24)21(26)25-16-6-5-13(2)18(23)10-16/h1,5-6,8-11H,7H2,2-3H3,(H,25,26)/b15-8+. The number of rotatable bonds is 6. The lowest BCUT2D eigenvalue weighted by atomic mass is 10.1. The van der Waals surface area contributed by atoms with Crippen LogP contribution in [0, 0.1) is 30.6 Å². The van der Waals surface area contributed by atoms with E-state index in [0.29, 0.717) is 32.2 Å². The molecule has 2 aromatic rings. The number of anilines is 1. The number of carbonyl (C=O) groups is 1. The van der Waals surface area contributed by atoms with Crippen LogP contribution in [0.5, 0.6) is 11.5 Å². The van der Waals surface area contributed by atoms with Crippen molar-refractivity contribution in [2.75, 3.05) is 19.0 Å². The number of halogens is 2. The largest absolute Gasteiger partial charge is 0.493 e. The zero-order valence-corrected chi connectivity index (χ0v) is 17.5. The van der Waals surface area contributed by atoms with E-state index in [-0.39, 0.29) is 12.2 Å². The van der Waals surface area contributed by atoms with Crippen LogP contribution in [0.4, 0.5) is 5.69 Å². The van der Waals surface area contributed by atoms with Gasteiger partial charge in [0.25, 0.3) is 5.91 Å². The summed E-state index contributed by atoms with van der Waals surface area (Å²) in [6.07, 6.45) is 6.66. The van der Waals surface area contributed by atoms with Crippen LogP contribution in [-0.4, -0.2) is 19.6 Å². The summed E-state index contributed by atoms with van der Waals surface area (Å²) in [4.78, 5) is 12.5. The molecule has 0 fully saturated rings. The second-order valence-electron chi connectivity index (χ2n) is 5.61. The fraction of sp³-hybridized carbons (Fsp3) is 0.143. The van der Waals surface area contributed by atoms with E-state index in [2.05, 4.69) is 27.2 Å². The molecule has 0 saturated heterocycles. The van der Waals surface area contributed by atoms with Gasteiger partial charge in [0.05, 0.1) is 7.11 Å². The SMILES string of the molecule is C#CCOc1cc(Br)c(/C=C(\C#N)C(=O)Nc2ccc(C)c(Cl)c2)cc1OC. The van der Waals surface area contributed by atoms with Gasteiger partial charge in [-0.2, -0.15) is 5.26 Å². The minimum atomic E-state index is -0.555. The van der Waals surface area contributed by atoms with Crippen LogP contribution in [0.25, 0.3) is 6.08 Å². The van der Waals surface area contributed by atoms with Crippen molar-refractivity contribution in [3.63, 3.8) is 0 Å². The van der Waals surface area contributed by atoms with Crippen molar-refractivity contribution in [2.24, 2.45) is 0 Å². The third-order valence-electron chi connectivity index (χ3n) is 3.69. The van der Waals surface area contributed by atoms with E-state index < -0.39 is 5.91 Å². The average molecular weight is 460 g/mol. The summed E-state index contributed by atoms with van der Waals surface area (Å²) >= 11 is 9.47. The molecule has 0 spiro atoms. The van der Waals surface area contributed by atoms with Gasteiger partial charge in [-0.3, -0.25) is 4.79 Å². The molecule has 142 valence electrons. The molecule has 1 N–H and O–H groups in total. The molecule has 0 unspecified atom stereocenters. The van der Waals surface area contributed by atoms with E-state index in [9.17, 15) is 10.1 Å². The van der Waals surface area contributed by atoms with E-state index >= 15 is 0 Å². The molecule has 7 heteroatoms. The van der Waals surface area contributed by atoms with Crippen LogP contribution in [0.2, 0.25) is 5.02 Å². The van der Waals surface area contributed by atoms with Crippen molar-refractivity contribution < 1.29 is 14.3 Å². The minimum absolute atomic E-state index is 0.0863. The van der Waals surface area contributed by atoms with Gasteiger partial charge in [0.1, 0.15) is 18.2 Å².